The van der Waals surface area contributed by atoms with Gasteiger partial charge in [0.25, 0.3) is 5.91 Å². The molecule has 3 aromatic rings. The smallest absolute Gasteiger partial charge is 0.262 e. The van der Waals surface area contributed by atoms with Gasteiger partial charge in [0.05, 0.1) is 5.02 Å². The molecule has 4 nitrogen and oxygen atoms in total. The third-order valence-corrected chi connectivity index (χ3v) is 7.07. The van der Waals surface area contributed by atoms with Gasteiger partial charge in [-0.15, -0.1) is 11.3 Å². The second kappa shape index (κ2) is 9.72. The fraction of sp³-hybridized carbons (Fsp3) is 0.348. The molecule has 29 heavy (non-hydrogen) atoms. The third kappa shape index (κ3) is 5.17. The Balaban J connectivity index is 1.17. The monoisotopic (exact) mass is 427 g/mol. The number of fused-ring (bicyclic) bond motifs is 1. The first-order chi connectivity index (χ1) is 14.2. The highest BCUT2D eigenvalue weighted by molar-refractivity contribution is 7.21. The van der Waals surface area contributed by atoms with Crippen molar-refractivity contribution in [2.24, 2.45) is 0 Å². The van der Waals surface area contributed by atoms with Crippen LogP contribution in [-0.4, -0.2) is 55.0 Å². The van der Waals surface area contributed by atoms with Crippen LogP contribution in [0.1, 0.15) is 21.7 Å². The predicted octanol–water partition coefficient (Wildman–Crippen LogP) is 4.49. The van der Waals surface area contributed by atoms with E-state index in [0.29, 0.717) is 16.4 Å². The minimum atomic E-state index is -0.0659. The normalized spacial score (nSPS) is 15.6. The second-order valence-electron chi connectivity index (χ2n) is 7.45. The molecule has 0 bridgehead atoms. The van der Waals surface area contributed by atoms with Crippen molar-refractivity contribution in [1.82, 2.24) is 15.1 Å². The van der Waals surface area contributed by atoms with Crippen molar-refractivity contribution >= 4 is 38.9 Å². The van der Waals surface area contributed by atoms with Gasteiger partial charge in [-0.05, 0) is 24.6 Å². The SMILES string of the molecule is O=C(NCCCN1CCN(Cc2ccccc2)CC1)c1sc2ccccc2c1Cl. The standard InChI is InChI=1S/C23H26ClN3OS/c24-21-19-9-4-5-10-20(19)29-22(21)23(28)25-11-6-12-26-13-15-27(16-14-26)17-18-7-2-1-3-8-18/h1-5,7-10H,6,11-17H2,(H,25,28). The van der Waals surface area contributed by atoms with E-state index in [2.05, 4.69) is 45.4 Å². The van der Waals surface area contributed by atoms with Gasteiger partial charge >= 0.3 is 0 Å². The molecule has 1 N–H and O–H groups in total. The summed E-state index contributed by atoms with van der Waals surface area (Å²) in [5.41, 5.74) is 1.38. The first kappa shape index (κ1) is 20.4. The van der Waals surface area contributed by atoms with Crippen molar-refractivity contribution in [3.05, 3.63) is 70.1 Å². The van der Waals surface area contributed by atoms with Gasteiger partial charge in [-0.3, -0.25) is 9.69 Å². The lowest BCUT2D eigenvalue weighted by Gasteiger charge is -2.34. The number of carbonyl (C=O) groups is 1. The number of nitrogens with one attached hydrogen (secondary N) is 1. The van der Waals surface area contributed by atoms with Gasteiger partial charge in [0, 0.05) is 49.4 Å². The Hall–Kier alpha value is -1.92. The first-order valence-electron chi connectivity index (χ1n) is 10.1. The molecule has 4 rings (SSSR count). The molecule has 0 atom stereocenters. The van der Waals surface area contributed by atoms with Gasteiger partial charge in [-0.25, -0.2) is 0 Å². The van der Waals surface area contributed by atoms with Crippen molar-refractivity contribution in [2.75, 3.05) is 39.3 Å². The van der Waals surface area contributed by atoms with Crippen LogP contribution in [0.25, 0.3) is 10.1 Å². The van der Waals surface area contributed by atoms with E-state index in [4.69, 9.17) is 11.6 Å². The Morgan fingerprint density at radius 3 is 2.41 bits per heavy atom. The minimum absolute atomic E-state index is 0.0659. The van der Waals surface area contributed by atoms with Gasteiger partial charge in [-0.1, -0.05) is 60.1 Å². The van der Waals surface area contributed by atoms with Crippen molar-refractivity contribution in [1.29, 1.82) is 0 Å². The molecule has 152 valence electrons. The van der Waals surface area contributed by atoms with Gasteiger partial charge in [0.1, 0.15) is 4.88 Å². The lowest BCUT2D eigenvalue weighted by Crippen LogP contribution is -2.46. The number of nitrogens with zero attached hydrogens (tertiary/aromatic N) is 2. The molecule has 1 aromatic heterocycles. The average Bonchev–Trinajstić information content (AvgIpc) is 3.10. The van der Waals surface area contributed by atoms with Crippen molar-refractivity contribution in [3.63, 3.8) is 0 Å². The van der Waals surface area contributed by atoms with Gasteiger partial charge in [-0.2, -0.15) is 0 Å². The second-order valence-corrected chi connectivity index (χ2v) is 8.88. The molecular formula is C23H26ClN3OS. The zero-order valence-electron chi connectivity index (χ0n) is 16.4. The first-order valence-corrected chi connectivity index (χ1v) is 11.3. The van der Waals surface area contributed by atoms with Crippen LogP contribution in [-0.2, 0) is 6.54 Å². The number of piperazine rings is 1. The summed E-state index contributed by atoms with van der Waals surface area (Å²) >= 11 is 7.85. The van der Waals surface area contributed by atoms with Crippen LogP contribution in [0.15, 0.2) is 54.6 Å². The lowest BCUT2D eigenvalue weighted by molar-refractivity contribution is 0.0951. The van der Waals surface area contributed by atoms with Crippen LogP contribution in [0.3, 0.4) is 0 Å². The van der Waals surface area contributed by atoms with Gasteiger partial charge in [0.15, 0.2) is 0 Å². The molecule has 0 saturated carbocycles. The highest BCUT2D eigenvalue weighted by Crippen LogP contribution is 2.34. The van der Waals surface area contributed by atoms with E-state index in [1.165, 1.54) is 16.9 Å². The maximum Gasteiger partial charge on any atom is 0.262 e. The summed E-state index contributed by atoms with van der Waals surface area (Å²) in [7, 11) is 0. The maximum absolute atomic E-state index is 12.5. The zero-order valence-corrected chi connectivity index (χ0v) is 18.0. The molecule has 0 spiro atoms. The fourth-order valence-electron chi connectivity index (χ4n) is 3.76. The molecule has 2 heterocycles. The van der Waals surface area contributed by atoms with E-state index in [-0.39, 0.29) is 5.91 Å². The topological polar surface area (TPSA) is 35.6 Å². The summed E-state index contributed by atoms with van der Waals surface area (Å²) in [6.07, 6.45) is 0.951. The lowest BCUT2D eigenvalue weighted by atomic mass is 10.2. The summed E-state index contributed by atoms with van der Waals surface area (Å²) < 4.78 is 1.05. The summed E-state index contributed by atoms with van der Waals surface area (Å²) in [5, 5.41) is 4.56. The molecule has 1 aliphatic heterocycles. The average molecular weight is 428 g/mol. The number of benzene rings is 2. The van der Waals surface area contributed by atoms with E-state index >= 15 is 0 Å². The summed E-state index contributed by atoms with van der Waals surface area (Å²) in [6.45, 7) is 7.08. The molecule has 0 aliphatic carbocycles. The number of hydrogen-bond acceptors (Lipinski definition) is 4. The van der Waals surface area contributed by atoms with Crippen molar-refractivity contribution in [3.8, 4) is 0 Å². The third-order valence-electron chi connectivity index (χ3n) is 5.39. The molecule has 1 aliphatic rings. The number of halogens is 1. The van der Waals surface area contributed by atoms with Crippen LogP contribution in [0, 0.1) is 0 Å². The molecule has 6 heteroatoms. The number of amides is 1. The summed E-state index contributed by atoms with van der Waals surface area (Å²) in [4.78, 5) is 18.1. The van der Waals surface area contributed by atoms with E-state index in [0.717, 1.165) is 55.8 Å². The zero-order chi connectivity index (χ0) is 20.1. The van der Waals surface area contributed by atoms with Crippen LogP contribution < -0.4 is 5.32 Å². The van der Waals surface area contributed by atoms with E-state index in [1.807, 2.05) is 24.3 Å². The largest absolute Gasteiger partial charge is 0.351 e. The molecule has 0 radical (unpaired) electrons. The Labute approximate surface area is 181 Å². The van der Waals surface area contributed by atoms with E-state index in [9.17, 15) is 4.79 Å². The fourth-order valence-corrected chi connectivity index (χ4v) is 5.19. The number of hydrogen-bond donors (Lipinski definition) is 1. The molecule has 1 fully saturated rings. The Kier molecular flexibility index (Phi) is 6.82. The van der Waals surface area contributed by atoms with Gasteiger partial charge < -0.3 is 10.2 Å². The van der Waals surface area contributed by atoms with Crippen molar-refractivity contribution < 1.29 is 4.79 Å². The minimum Gasteiger partial charge on any atom is -0.351 e. The molecule has 0 unspecified atom stereocenters. The Morgan fingerprint density at radius 1 is 0.966 bits per heavy atom. The molecular weight excluding hydrogens is 402 g/mol. The number of rotatable bonds is 7. The molecule has 2 aromatic carbocycles. The Bertz CT molecular complexity index is 951. The van der Waals surface area contributed by atoms with E-state index < -0.39 is 0 Å². The van der Waals surface area contributed by atoms with Crippen molar-refractivity contribution in [2.45, 2.75) is 13.0 Å². The molecule has 1 amide bonds. The predicted molar refractivity (Wildman–Crippen MR) is 122 cm³/mol. The van der Waals surface area contributed by atoms with E-state index in [1.54, 1.807) is 0 Å². The Morgan fingerprint density at radius 2 is 1.66 bits per heavy atom. The highest BCUT2D eigenvalue weighted by Gasteiger charge is 2.18. The number of carbonyl (C=O) groups excluding carboxylic acids is 1. The summed E-state index contributed by atoms with van der Waals surface area (Å²) in [6, 6.07) is 18.5. The summed E-state index contributed by atoms with van der Waals surface area (Å²) in [5.74, 6) is -0.0659. The molecule has 1 saturated heterocycles. The van der Waals surface area contributed by atoms with Crippen LogP contribution >= 0.6 is 22.9 Å². The van der Waals surface area contributed by atoms with Crippen LogP contribution in [0.5, 0.6) is 0 Å². The highest BCUT2D eigenvalue weighted by atomic mass is 35.5. The van der Waals surface area contributed by atoms with Crippen LogP contribution in [0.4, 0.5) is 0 Å². The van der Waals surface area contributed by atoms with Gasteiger partial charge in [0.2, 0.25) is 0 Å². The quantitative estimate of drug-likeness (QED) is 0.564. The van der Waals surface area contributed by atoms with Crippen LogP contribution in [0.2, 0.25) is 5.02 Å². The maximum atomic E-state index is 12.5. The number of thiophene rings is 1.